The minimum absolute atomic E-state index is 0.465. The Morgan fingerprint density at radius 2 is 1.72 bits per heavy atom. The van der Waals surface area contributed by atoms with Crippen LogP contribution in [-0.2, 0) is 0 Å². The summed E-state index contributed by atoms with van der Waals surface area (Å²) >= 11 is 7.71. The second-order valence-corrected chi connectivity index (χ2v) is 7.92. The molecule has 0 atom stereocenters. The molecule has 0 aliphatic heterocycles. The van der Waals surface area contributed by atoms with Gasteiger partial charge in [0.1, 0.15) is 21.8 Å². The quantitative estimate of drug-likeness (QED) is 0.614. The summed E-state index contributed by atoms with van der Waals surface area (Å²) in [4.78, 5) is 9.04. The minimum atomic E-state index is 0.465. The number of benzene rings is 1. The molecule has 0 saturated heterocycles. The van der Waals surface area contributed by atoms with Crippen molar-refractivity contribution in [3.8, 4) is 5.69 Å². The van der Waals surface area contributed by atoms with Gasteiger partial charge in [-0.25, -0.2) is 9.97 Å². The zero-order valence-electron chi connectivity index (χ0n) is 13.5. The van der Waals surface area contributed by atoms with E-state index in [1.165, 1.54) is 24.6 Å². The summed E-state index contributed by atoms with van der Waals surface area (Å²) < 4.78 is 2.15. The lowest BCUT2D eigenvalue weighted by Gasteiger charge is -2.10. The molecular formula is C18H16ClN5S. The smallest absolute Gasteiger partial charge is 0.202 e. The molecule has 3 aromatic rings. The van der Waals surface area contributed by atoms with E-state index in [9.17, 15) is 0 Å². The topological polar surface area (TPSA) is 56.5 Å². The van der Waals surface area contributed by atoms with Crippen LogP contribution in [0, 0.1) is 0 Å². The average molecular weight is 370 g/mol. The normalized spacial score (nSPS) is 17.0. The Balaban J connectivity index is 1.54. The third-order valence-corrected chi connectivity index (χ3v) is 5.50. The fourth-order valence-corrected chi connectivity index (χ4v) is 3.98. The van der Waals surface area contributed by atoms with Crippen molar-refractivity contribution in [3.05, 3.63) is 53.2 Å². The van der Waals surface area contributed by atoms with Crippen LogP contribution in [0.25, 0.3) is 5.69 Å². The Morgan fingerprint density at radius 1 is 0.960 bits per heavy atom. The highest BCUT2D eigenvalue weighted by molar-refractivity contribution is 7.99. The molecule has 0 radical (unpaired) electrons. The van der Waals surface area contributed by atoms with Crippen LogP contribution in [-0.4, -0.2) is 24.7 Å². The molecule has 7 heteroatoms. The van der Waals surface area contributed by atoms with Crippen LogP contribution in [0.5, 0.6) is 0 Å². The molecule has 2 aliphatic rings. The maximum absolute atomic E-state index is 6.20. The number of nitrogens with zero attached hydrogens (tertiary/aromatic N) is 5. The van der Waals surface area contributed by atoms with E-state index in [2.05, 4.69) is 36.9 Å². The average Bonchev–Trinajstić information content (AvgIpc) is 3.53. The number of hydrogen-bond acceptors (Lipinski definition) is 5. The van der Waals surface area contributed by atoms with E-state index in [4.69, 9.17) is 11.6 Å². The van der Waals surface area contributed by atoms with Gasteiger partial charge in [-0.15, -0.1) is 10.2 Å². The molecule has 2 heterocycles. The van der Waals surface area contributed by atoms with E-state index in [0.717, 1.165) is 40.4 Å². The molecule has 2 aromatic heterocycles. The molecular weight excluding hydrogens is 354 g/mol. The van der Waals surface area contributed by atoms with Gasteiger partial charge in [0.05, 0.1) is 0 Å². The molecule has 2 fully saturated rings. The van der Waals surface area contributed by atoms with Crippen molar-refractivity contribution in [2.24, 2.45) is 0 Å². The summed E-state index contributed by atoms with van der Waals surface area (Å²) in [6.45, 7) is 0. The predicted octanol–water partition coefficient (Wildman–Crippen LogP) is 4.62. The molecule has 0 unspecified atom stereocenters. The largest absolute Gasteiger partial charge is 0.273 e. The summed E-state index contributed by atoms with van der Waals surface area (Å²) in [5.74, 6) is 2.87. The maximum atomic E-state index is 6.20. The lowest BCUT2D eigenvalue weighted by Crippen LogP contribution is -2.02. The number of para-hydroxylation sites is 1. The Labute approximate surface area is 154 Å². The number of hydrogen-bond donors (Lipinski definition) is 0. The molecule has 5 rings (SSSR count). The molecule has 0 spiro atoms. The summed E-state index contributed by atoms with van der Waals surface area (Å²) in [5.41, 5.74) is 1.08. The van der Waals surface area contributed by atoms with Gasteiger partial charge in [-0.2, -0.15) is 0 Å². The molecule has 25 heavy (non-hydrogen) atoms. The maximum Gasteiger partial charge on any atom is 0.202 e. The van der Waals surface area contributed by atoms with Gasteiger partial charge < -0.3 is 0 Å². The van der Waals surface area contributed by atoms with E-state index in [1.807, 2.05) is 18.2 Å². The summed E-state index contributed by atoms with van der Waals surface area (Å²) in [7, 11) is 0. The second kappa shape index (κ2) is 6.11. The Kier molecular flexibility index (Phi) is 3.75. The zero-order chi connectivity index (χ0) is 16.8. The van der Waals surface area contributed by atoms with Gasteiger partial charge in [0.15, 0.2) is 0 Å². The monoisotopic (exact) mass is 369 g/mol. The molecule has 2 aliphatic carbocycles. The van der Waals surface area contributed by atoms with Crippen molar-refractivity contribution < 1.29 is 0 Å². The fourth-order valence-electron chi connectivity index (χ4n) is 2.86. The van der Waals surface area contributed by atoms with Gasteiger partial charge in [0, 0.05) is 23.6 Å². The van der Waals surface area contributed by atoms with Gasteiger partial charge >= 0.3 is 0 Å². The van der Waals surface area contributed by atoms with E-state index in [-0.39, 0.29) is 0 Å². The predicted molar refractivity (Wildman–Crippen MR) is 96.5 cm³/mol. The van der Waals surface area contributed by atoms with Crippen LogP contribution in [0.1, 0.15) is 49.2 Å². The van der Waals surface area contributed by atoms with Crippen molar-refractivity contribution in [2.45, 2.75) is 47.7 Å². The van der Waals surface area contributed by atoms with Gasteiger partial charge in [-0.3, -0.25) is 4.57 Å². The highest BCUT2D eigenvalue weighted by Gasteiger charge is 2.31. The SMILES string of the molecule is Clc1cc(Sc2nnc(C3CC3)n2-c2ccccc2)nc(C2CC2)n1. The Bertz CT molecular complexity index is 918. The van der Waals surface area contributed by atoms with Crippen molar-refractivity contribution in [3.63, 3.8) is 0 Å². The van der Waals surface area contributed by atoms with Gasteiger partial charge in [-0.1, -0.05) is 29.8 Å². The summed E-state index contributed by atoms with van der Waals surface area (Å²) in [6, 6.07) is 12.1. The standard InChI is InChI=1S/C18H16ClN5S/c19-14-10-15(21-16(20-14)11-6-7-11)25-18-23-22-17(12-8-9-12)24(18)13-4-2-1-3-5-13/h1-5,10-12H,6-9H2. The highest BCUT2D eigenvalue weighted by Crippen LogP contribution is 2.42. The molecule has 0 amide bonds. The number of rotatable bonds is 5. The second-order valence-electron chi connectivity index (χ2n) is 6.55. The highest BCUT2D eigenvalue weighted by atomic mass is 35.5. The van der Waals surface area contributed by atoms with Crippen LogP contribution in [0.3, 0.4) is 0 Å². The lowest BCUT2D eigenvalue weighted by molar-refractivity contribution is 0.824. The summed E-state index contributed by atoms with van der Waals surface area (Å²) in [6.07, 6.45) is 4.66. The van der Waals surface area contributed by atoms with Crippen LogP contribution < -0.4 is 0 Å². The van der Waals surface area contributed by atoms with Crippen LogP contribution in [0.2, 0.25) is 5.15 Å². The number of halogens is 1. The van der Waals surface area contributed by atoms with E-state index >= 15 is 0 Å². The number of aromatic nitrogens is 5. The van der Waals surface area contributed by atoms with Crippen molar-refractivity contribution in [1.82, 2.24) is 24.7 Å². The van der Waals surface area contributed by atoms with Crippen molar-refractivity contribution in [2.75, 3.05) is 0 Å². The fraction of sp³-hybridized carbons (Fsp3) is 0.333. The molecule has 1 aromatic carbocycles. The van der Waals surface area contributed by atoms with Crippen LogP contribution >= 0.6 is 23.4 Å². The third-order valence-electron chi connectivity index (χ3n) is 4.44. The van der Waals surface area contributed by atoms with Gasteiger partial charge in [-0.05, 0) is 49.6 Å². The van der Waals surface area contributed by atoms with Crippen LogP contribution in [0.15, 0.2) is 46.6 Å². The zero-order valence-corrected chi connectivity index (χ0v) is 15.0. The van der Waals surface area contributed by atoms with Crippen molar-refractivity contribution >= 4 is 23.4 Å². The van der Waals surface area contributed by atoms with E-state index < -0.39 is 0 Å². The summed E-state index contributed by atoms with van der Waals surface area (Å²) in [5, 5.41) is 11.0. The molecule has 126 valence electrons. The third kappa shape index (κ3) is 3.16. The van der Waals surface area contributed by atoms with Gasteiger partial charge in [0.25, 0.3) is 0 Å². The molecule has 0 bridgehead atoms. The first-order valence-corrected chi connectivity index (χ1v) is 9.70. The lowest BCUT2D eigenvalue weighted by atomic mass is 10.3. The molecule has 0 N–H and O–H groups in total. The van der Waals surface area contributed by atoms with Gasteiger partial charge in [0.2, 0.25) is 5.16 Å². The Hall–Kier alpha value is -1.92. The van der Waals surface area contributed by atoms with E-state index in [0.29, 0.717) is 17.0 Å². The minimum Gasteiger partial charge on any atom is -0.273 e. The van der Waals surface area contributed by atoms with E-state index in [1.54, 1.807) is 6.07 Å². The molecule has 2 saturated carbocycles. The first-order valence-electron chi connectivity index (χ1n) is 8.51. The first kappa shape index (κ1) is 15.3. The van der Waals surface area contributed by atoms with Crippen molar-refractivity contribution in [1.29, 1.82) is 0 Å². The first-order chi connectivity index (χ1) is 12.3. The Morgan fingerprint density at radius 3 is 2.44 bits per heavy atom. The van der Waals surface area contributed by atoms with Crippen LogP contribution in [0.4, 0.5) is 0 Å². The molecule has 5 nitrogen and oxygen atoms in total.